The van der Waals surface area contributed by atoms with Crippen molar-refractivity contribution in [3.63, 3.8) is 0 Å². The van der Waals surface area contributed by atoms with Crippen molar-refractivity contribution in [3.05, 3.63) is 47.7 Å². The minimum atomic E-state index is -5.08. The molecule has 2 aliphatic rings. The Bertz CT molecular complexity index is 1380. The van der Waals surface area contributed by atoms with Gasteiger partial charge in [-0.2, -0.15) is 18.2 Å². The van der Waals surface area contributed by atoms with E-state index in [1.807, 2.05) is 6.20 Å². The lowest BCUT2D eigenvalue weighted by molar-refractivity contribution is -0.192. The van der Waals surface area contributed by atoms with Crippen LogP contribution in [0.3, 0.4) is 0 Å². The van der Waals surface area contributed by atoms with Crippen LogP contribution in [0.15, 0.2) is 30.6 Å². The van der Waals surface area contributed by atoms with Gasteiger partial charge in [0.15, 0.2) is 17.4 Å². The van der Waals surface area contributed by atoms with Crippen LogP contribution in [0.25, 0.3) is 5.65 Å². The van der Waals surface area contributed by atoms with Gasteiger partial charge in [-0.3, -0.25) is 9.20 Å². The van der Waals surface area contributed by atoms with Gasteiger partial charge in [-0.05, 0) is 38.3 Å². The summed E-state index contributed by atoms with van der Waals surface area (Å²) in [6.45, 7) is 2.79. The van der Waals surface area contributed by atoms with E-state index in [4.69, 9.17) is 29.1 Å². The molecular weight excluding hydrogens is 516 g/mol. The van der Waals surface area contributed by atoms with Crippen LogP contribution in [-0.4, -0.2) is 64.0 Å². The van der Waals surface area contributed by atoms with E-state index in [1.54, 1.807) is 10.6 Å². The Morgan fingerprint density at radius 3 is 2.39 bits per heavy atom. The Morgan fingerprint density at radius 1 is 1.16 bits per heavy atom. The number of anilines is 1. The summed E-state index contributed by atoms with van der Waals surface area (Å²) in [5, 5.41) is 9.82. The third-order valence-corrected chi connectivity index (χ3v) is 6.59. The maximum Gasteiger partial charge on any atom is 0.490 e. The van der Waals surface area contributed by atoms with Crippen LogP contribution in [0.5, 0.6) is 11.6 Å². The van der Waals surface area contributed by atoms with Crippen molar-refractivity contribution in [2.24, 2.45) is 0 Å². The number of methoxy groups -OCH3 is 2. The zero-order valence-electron chi connectivity index (χ0n) is 20.6. The molecule has 0 radical (unpaired) electrons. The second kappa shape index (κ2) is 9.74. The van der Waals surface area contributed by atoms with Gasteiger partial charge in [0.2, 0.25) is 5.65 Å². The average Bonchev–Trinajstić information content (AvgIpc) is 3.54. The van der Waals surface area contributed by atoms with Gasteiger partial charge < -0.3 is 24.6 Å². The SMILES string of the molecule is COc1c(F)cccc1C(=O)Nc1cn2cc(C34CCC(C)(C3)OC4)nc2c(OC)n1.O=C(O)C(F)(F)F. The summed E-state index contributed by atoms with van der Waals surface area (Å²) in [5.74, 6) is -3.50. The van der Waals surface area contributed by atoms with E-state index in [0.717, 1.165) is 25.0 Å². The second-order valence-electron chi connectivity index (χ2n) is 9.27. The molecule has 38 heavy (non-hydrogen) atoms. The highest BCUT2D eigenvalue weighted by Crippen LogP contribution is 2.53. The fourth-order valence-corrected chi connectivity index (χ4v) is 4.75. The number of nitrogens with one attached hydrogen (secondary N) is 1. The smallest absolute Gasteiger partial charge is 0.490 e. The largest absolute Gasteiger partial charge is 0.493 e. The molecule has 2 unspecified atom stereocenters. The molecule has 3 heterocycles. The van der Waals surface area contributed by atoms with E-state index in [-0.39, 0.29) is 34.0 Å². The molecule has 0 spiro atoms. The number of nitrogens with zero attached hydrogens (tertiary/aromatic N) is 3. The van der Waals surface area contributed by atoms with E-state index < -0.39 is 23.9 Å². The van der Waals surface area contributed by atoms with Gasteiger partial charge >= 0.3 is 12.1 Å². The van der Waals surface area contributed by atoms with Gasteiger partial charge in [0.25, 0.3) is 11.8 Å². The van der Waals surface area contributed by atoms with Crippen molar-refractivity contribution < 1.29 is 46.5 Å². The van der Waals surface area contributed by atoms with E-state index in [9.17, 15) is 22.4 Å². The summed E-state index contributed by atoms with van der Waals surface area (Å²) < 4.78 is 64.0. The number of imidazole rings is 1. The molecule has 2 bridgehead atoms. The first kappa shape index (κ1) is 27.1. The predicted octanol–water partition coefficient (Wildman–Crippen LogP) is 3.98. The molecule has 1 saturated heterocycles. The number of hydrogen-bond donors (Lipinski definition) is 2. The molecule has 2 aromatic heterocycles. The number of benzene rings is 1. The summed E-state index contributed by atoms with van der Waals surface area (Å²) in [4.78, 5) is 30.8. The number of alkyl halides is 3. The summed E-state index contributed by atoms with van der Waals surface area (Å²) in [6, 6.07) is 4.17. The normalized spacial score (nSPS) is 22.1. The zero-order chi connectivity index (χ0) is 27.9. The molecule has 1 aliphatic carbocycles. The van der Waals surface area contributed by atoms with Crippen molar-refractivity contribution in [2.45, 2.75) is 43.4 Å². The highest BCUT2D eigenvalue weighted by molar-refractivity contribution is 6.05. The number of carboxylic acid groups (broad SMARTS) is 1. The summed E-state index contributed by atoms with van der Waals surface area (Å²) >= 11 is 0. The maximum atomic E-state index is 14.0. The van der Waals surface area contributed by atoms with Gasteiger partial charge in [-0.15, -0.1) is 0 Å². The van der Waals surface area contributed by atoms with Crippen LogP contribution in [0.2, 0.25) is 0 Å². The molecule has 1 aliphatic heterocycles. The molecule has 204 valence electrons. The first-order valence-electron chi connectivity index (χ1n) is 11.3. The minimum Gasteiger partial charge on any atom is -0.493 e. The Kier molecular flexibility index (Phi) is 6.95. The first-order chi connectivity index (χ1) is 17.8. The van der Waals surface area contributed by atoms with Crippen molar-refractivity contribution in [2.75, 3.05) is 26.1 Å². The van der Waals surface area contributed by atoms with Gasteiger partial charge in [0.1, 0.15) is 0 Å². The number of aromatic nitrogens is 3. The lowest BCUT2D eigenvalue weighted by Gasteiger charge is -2.24. The van der Waals surface area contributed by atoms with E-state index in [1.165, 1.54) is 32.4 Å². The lowest BCUT2D eigenvalue weighted by atomic mass is 9.84. The summed E-state index contributed by atoms with van der Waals surface area (Å²) in [7, 11) is 2.82. The number of halogens is 4. The van der Waals surface area contributed by atoms with Crippen LogP contribution in [0, 0.1) is 5.82 Å². The van der Waals surface area contributed by atoms with Gasteiger partial charge in [0, 0.05) is 11.6 Å². The van der Waals surface area contributed by atoms with Crippen molar-refractivity contribution >= 4 is 23.3 Å². The minimum absolute atomic E-state index is 0.0712. The number of carboxylic acids is 1. The molecule has 1 saturated carbocycles. The van der Waals surface area contributed by atoms with Crippen LogP contribution in [-0.2, 0) is 14.9 Å². The Hall–Kier alpha value is -3.94. The fourth-order valence-electron chi connectivity index (χ4n) is 4.75. The summed E-state index contributed by atoms with van der Waals surface area (Å²) in [5.41, 5.74) is 1.38. The molecule has 14 heteroatoms. The number of fused-ring (bicyclic) bond motifs is 3. The standard InChI is InChI=1S/C22H23FN4O4.C2HF3O2/c1-21-7-8-22(11-21,12-31-21)15-9-27-10-16(26-20(30-3)18(27)24-15)25-19(28)13-5-4-6-14(23)17(13)29-2;3-2(4,5)1(6)7/h4-6,9-10H,7-8,11-12H2,1-3H3,(H,25,28);(H,6,7). The number of rotatable bonds is 5. The number of carbonyl (C=O) groups is 2. The van der Waals surface area contributed by atoms with E-state index in [2.05, 4.69) is 17.2 Å². The van der Waals surface area contributed by atoms with E-state index >= 15 is 0 Å². The Balaban J connectivity index is 0.000000426. The topological polar surface area (TPSA) is 124 Å². The predicted molar refractivity (Wildman–Crippen MR) is 124 cm³/mol. The molecule has 2 atom stereocenters. The van der Waals surface area contributed by atoms with Gasteiger partial charge in [-0.25, -0.2) is 14.2 Å². The molecule has 10 nitrogen and oxygen atoms in total. The first-order valence-corrected chi connectivity index (χ1v) is 11.3. The Labute approximate surface area is 213 Å². The Morgan fingerprint density at radius 2 is 1.87 bits per heavy atom. The van der Waals surface area contributed by atoms with E-state index in [0.29, 0.717) is 12.3 Å². The third kappa shape index (κ3) is 5.08. The molecule has 2 fully saturated rings. The highest BCUT2D eigenvalue weighted by Gasteiger charge is 2.55. The quantitative estimate of drug-likeness (QED) is 0.466. The van der Waals surface area contributed by atoms with Crippen molar-refractivity contribution in [1.29, 1.82) is 0 Å². The lowest BCUT2D eigenvalue weighted by Crippen LogP contribution is -2.26. The van der Waals surface area contributed by atoms with Crippen LogP contribution >= 0.6 is 0 Å². The number of para-hydroxylation sites is 1. The van der Waals surface area contributed by atoms with Crippen LogP contribution in [0.4, 0.5) is 23.4 Å². The molecule has 1 aromatic carbocycles. The van der Waals surface area contributed by atoms with Crippen molar-refractivity contribution in [1.82, 2.24) is 14.4 Å². The maximum absolute atomic E-state index is 14.0. The highest BCUT2D eigenvalue weighted by atomic mass is 19.4. The second-order valence-corrected chi connectivity index (χ2v) is 9.27. The molecular formula is C24H24F4N4O6. The third-order valence-electron chi connectivity index (χ3n) is 6.59. The molecule has 2 N–H and O–H groups in total. The van der Waals surface area contributed by atoms with Crippen molar-refractivity contribution in [3.8, 4) is 11.6 Å². The zero-order valence-corrected chi connectivity index (χ0v) is 20.6. The van der Waals surface area contributed by atoms with Crippen LogP contribution < -0.4 is 14.8 Å². The number of carbonyl (C=O) groups excluding carboxylic acids is 1. The number of hydrogen-bond acceptors (Lipinski definition) is 7. The number of amides is 1. The fraction of sp³-hybridized carbons (Fsp3) is 0.417. The molecule has 1 amide bonds. The van der Waals surface area contributed by atoms with Gasteiger partial charge in [-0.1, -0.05) is 6.07 Å². The number of ether oxygens (including phenoxy) is 3. The molecule has 5 rings (SSSR count). The molecule has 3 aromatic rings. The van der Waals surface area contributed by atoms with Crippen LogP contribution in [0.1, 0.15) is 42.2 Å². The average molecular weight is 540 g/mol. The summed E-state index contributed by atoms with van der Waals surface area (Å²) in [6.07, 6.45) is 1.48. The monoisotopic (exact) mass is 540 g/mol. The van der Waals surface area contributed by atoms with Gasteiger partial charge in [0.05, 0.1) is 43.9 Å². The number of aliphatic carboxylic acids is 1.